The van der Waals surface area contributed by atoms with Crippen molar-refractivity contribution in [2.45, 2.75) is 18.4 Å². The zero-order chi connectivity index (χ0) is 10.9. The molecule has 2 heterocycles. The van der Waals surface area contributed by atoms with E-state index in [-0.39, 0.29) is 5.69 Å². The van der Waals surface area contributed by atoms with Gasteiger partial charge in [-0.15, -0.1) is 11.3 Å². The lowest BCUT2D eigenvalue weighted by atomic mass is 9.95. The minimum absolute atomic E-state index is 0.00471. The highest BCUT2D eigenvalue weighted by Gasteiger charge is 2.35. The summed E-state index contributed by atoms with van der Waals surface area (Å²) in [7, 11) is 0. The Morgan fingerprint density at radius 1 is 1.53 bits per heavy atom. The minimum atomic E-state index is -1.06. The van der Waals surface area contributed by atoms with E-state index in [4.69, 9.17) is 9.84 Å². The number of thiazole rings is 1. The standard InChI is InChI=1S/C9H11NO4S/c11-7(12)6-5-15-8(10-6)9(13)1-3-14-4-2-9/h5,13H,1-4H2,(H,11,12). The first-order chi connectivity index (χ1) is 7.12. The third-order valence-corrected chi connectivity index (χ3v) is 3.48. The van der Waals surface area contributed by atoms with E-state index in [1.165, 1.54) is 16.7 Å². The highest BCUT2D eigenvalue weighted by Crippen LogP contribution is 2.33. The maximum absolute atomic E-state index is 10.6. The molecule has 0 amide bonds. The van der Waals surface area contributed by atoms with Gasteiger partial charge < -0.3 is 14.9 Å². The summed E-state index contributed by atoms with van der Waals surface area (Å²) in [5.41, 5.74) is -1.01. The Kier molecular flexibility index (Phi) is 2.72. The highest BCUT2D eigenvalue weighted by molar-refractivity contribution is 7.10. The average molecular weight is 229 g/mol. The van der Waals surface area contributed by atoms with E-state index < -0.39 is 11.6 Å². The van der Waals surface area contributed by atoms with Gasteiger partial charge in [-0.2, -0.15) is 0 Å². The Balaban J connectivity index is 2.23. The summed E-state index contributed by atoms with van der Waals surface area (Å²) in [6, 6.07) is 0. The first-order valence-electron chi connectivity index (χ1n) is 4.61. The molecule has 1 aromatic rings. The van der Waals surface area contributed by atoms with E-state index in [1.807, 2.05) is 0 Å². The van der Waals surface area contributed by atoms with Crippen molar-refractivity contribution in [3.8, 4) is 0 Å². The average Bonchev–Trinajstić information content (AvgIpc) is 2.68. The van der Waals surface area contributed by atoms with Crippen LogP contribution in [0.1, 0.15) is 28.3 Å². The number of carbonyl (C=O) groups is 1. The number of ether oxygens (including phenoxy) is 1. The molecule has 82 valence electrons. The van der Waals surface area contributed by atoms with Gasteiger partial charge in [-0.25, -0.2) is 9.78 Å². The smallest absolute Gasteiger partial charge is 0.355 e. The molecule has 1 fully saturated rings. The summed E-state index contributed by atoms with van der Waals surface area (Å²) in [5, 5.41) is 20.9. The van der Waals surface area contributed by atoms with Crippen LogP contribution in [-0.4, -0.2) is 34.4 Å². The number of aromatic nitrogens is 1. The molecule has 0 atom stereocenters. The van der Waals surface area contributed by atoms with Crippen LogP contribution >= 0.6 is 11.3 Å². The summed E-state index contributed by atoms with van der Waals surface area (Å²) in [6.07, 6.45) is 0.944. The van der Waals surface area contributed by atoms with Gasteiger partial charge in [-0.1, -0.05) is 0 Å². The molecule has 15 heavy (non-hydrogen) atoms. The van der Waals surface area contributed by atoms with E-state index >= 15 is 0 Å². The van der Waals surface area contributed by atoms with Crippen LogP contribution in [0.3, 0.4) is 0 Å². The number of nitrogens with zero attached hydrogens (tertiary/aromatic N) is 1. The number of aromatic carboxylic acids is 1. The molecule has 0 saturated carbocycles. The summed E-state index contributed by atoms with van der Waals surface area (Å²) in [5.74, 6) is -1.06. The van der Waals surface area contributed by atoms with Gasteiger partial charge in [0.05, 0.1) is 0 Å². The van der Waals surface area contributed by atoms with E-state index in [1.54, 1.807) is 0 Å². The molecule has 2 rings (SSSR count). The maximum atomic E-state index is 10.6. The van der Waals surface area contributed by atoms with Gasteiger partial charge in [0.1, 0.15) is 10.6 Å². The number of hydrogen-bond donors (Lipinski definition) is 2. The molecular weight excluding hydrogens is 218 g/mol. The Morgan fingerprint density at radius 3 is 2.73 bits per heavy atom. The van der Waals surface area contributed by atoms with Crippen LogP contribution in [0.2, 0.25) is 0 Å². The largest absolute Gasteiger partial charge is 0.476 e. The van der Waals surface area contributed by atoms with Gasteiger partial charge in [-0.05, 0) is 0 Å². The van der Waals surface area contributed by atoms with Crippen molar-refractivity contribution in [2.24, 2.45) is 0 Å². The van der Waals surface area contributed by atoms with Gasteiger partial charge in [0, 0.05) is 31.4 Å². The highest BCUT2D eigenvalue weighted by atomic mass is 32.1. The third-order valence-electron chi connectivity index (χ3n) is 2.44. The van der Waals surface area contributed by atoms with Gasteiger partial charge in [0.15, 0.2) is 5.69 Å². The SMILES string of the molecule is O=C(O)c1csc(C2(O)CCOCC2)n1. The van der Waals surface area contributed by atoms with E-state index in [0.717, 1.165) is 0 Å². The summed E-state index contributed by atoms with van der Waals surface area (Å²) >= 11 is 1.19. The van der Waals surface area contributed by atoms with Crippen LogP contribution in [-0.2, 0) is 10.3 Å². The van der Waals surface area contributed by atoms with E-state index in [2.05, 4.69) is 4.98 Å². The normalized spacial score (nSPS) is 20.1. The van der Waals surface area contributed by atoms with Crippen LogP contribution in [0.5, 0.6) is 0 Å². The Hall–Kier alpha value is -0.980. The first-order valence-corrected chi connectivity index (χ1v) is 5.49. The molecule has 1 saturated heterocycles. The van der Waals surface area contributed by atoms with Gasteiger partial charge in [0.25, 0.3) is 0 Å². The van der Waals surface area contributed by atoms with Crippen molar-refractivity contribution in [3.63, 3.8) is 0 Å². The maximum Gasteiger partial charge on any atom is 0.355 e. The molecule has 5 nitrogen and oxygen atoms in total. The fourth-order valence-electron chi connectivity index (χ4n) is 1.51. The Morgan fingerprint density at radius 2 is 2.20 bits per heavy atom. The van der Waals surface area contributed by atoms with Crippen molar-refractivity contribution < 1.29 is 19.7 Å². The van der Waals surface area contributed by atoms with Crippen molar-refractivity contribution in [2.75, 3.05) is 13.2 Å². The second kappa shape index (κ2) is 3.88. The van der Waals surface area contributed by atoms with Crippen molar-refractivity contribution in [1.29, 1.82) is 0 Å². The number of carboxylic acids is 1. The molecule has 1 aliphatic heterocycles. The minimum Gasteiger partial charge on any atom is -0.476 e. The van der Waals surface area contributed by atoms with Gasteiger partial charge in [0.2, 0.25) is 0 Å². The third kappa shape index (κ3) is 2.01. The first kappa shape index (κ1) is 10.5. The molecule has 1 aliphatic rings. The summed E-state index contributed by atoms with van der Waals surface area (Å²) in [6.45, 7) is 0.969. The molecule has 1 aromatic heterocycles. The van der Waals surface area contributed by atoms with Crippen LogP contribution < -0.4 is 0 Å². The second-order valence-electron chi connectivity index (χ2n) is 3.49. The topological polar surface area (TPSA) is 79.7 Å². The van der Waals surface area contributed by atoms with Crippen molar-refractivity contribution in [1.82, 2.24) is 4.98 Å². The molecule has 0 aromatic carbocycles. The fraction of sp³-hybridized carbons (Fsp3) is 0.556. The molecule has 0 aliphatic carbocycles. The number of rotatable bonds is 2. The Labute approximate surface area is 90.3 Å². The van der Waals surface area contributed by atoms with Crippen molar-refractivity contribution >= 4 is 17.3 Å². The fourth-order valence-corrected chi connectivity index (χ4v) is 2.46. The number of carboxylic acid groups (broad SMARTS) is 1. The van der Waals surface area contributed by atoms with E-state index in [0.29, 0.717) is 31.1 Å². The lowest BCUT2D eigenvalue weighted by Gasteiger charge is -2.29. The summed E-state index contributed by atoms with van der Waals surface area (Å²) < 4.78 is 5.14. The zero-order valence-corrected chi connectivity index (χ0v) is 8.79. The molecule has 0 bridgehead atoms. The molecule has 0 spiro atoms. The number of hydrogen-bond acceptors (Lipinski definition) is 5. The molecule has 0 unspecified atom stereocenters. The summed E-state index contributed by atoms with van der Waals surface area (Å²) in [4.78, 5) is 14.6. The lowest BCUT2D eigenvalue weighted by Crippen LogP contribution is -2.33. The van der Waals surface area contributed by atoms with Gasteiger partial charge in [-0.3, -0.25) is 0 Å². The number of aliphatic hydroxyl groups is 1. The van der Waals surface area contributed by atoms with Crippen LogP contribution in [0.15, 0.2) is 5.38 Å². The van der Waals surface area contributed by atoms with Crippen LogP contribution in [0, 0.1) is 0 Å². The van der Waals surface area contributed by atoms with Gasteiger partial charge >= 0.3 is 5.97 Å². The predicted molar refractivity (Wildman–Crippen MR) is 53.0 cm³/mol. The quantitative estimate of drug-likeness (QED) is 0.785. The second-order valence-corrected chi connectivity index (χ2v) is 4.35. The zero-order valence-electron chi connectivity index (χ0n) is 7.97. The molecule has 2 N–H and O–H groups in total. The monoisotopic (exact) mass is 229 g/mol. The van der Waals surface area contributed by atoms with Crippen molar-refractivity contribution in [3.05, 3.63) is 16.1 Å². The lowest BCUT2D eigenvalue weighted by molar-refractivity contribution is -0.0680. The molecule has 0 radical (unpaired) electrons. The van der Waals surface area contributed by atoms with Crippen LogP contribution in [0.25, 0.3) is 0 Å². The predicted octanol–water partition coefficient (Wildman–Crippen LogP) is 0.839. The molecule has 6 heteroatoms. The van der Waals surface area contributed by atoms with Crippen LogP contribution in [0.4, 0.5) is 0 Å². The van der Waals surface area contributed by atoms with E-state index in [9.17, 15) is 9.90 Å². The Bertz CT molecular complexity index is 370. The molecular formula is C9H11NO4S.